The van der Waals surface area contributed by atoms with Gasteiger partial charge < -0.3 is 10.6 Å². The van der Waals surface area contributed by atoms with E-state index in [-0.39, 0.29) is 11.6 Å². The molecule has 0 aliphatic heterocycles. The van der Waals surface area contributed by atoms with Gasteiger partial charge in [0.2, 0.25) is 0 Å². The van der Waals surface area contributed by atoms with Crippen LogP contribution in [0, 0.1) is 0 Å². The second kappa shape index (κ2) is 7.39. The van der Waals surface area contributed by atoms with Crippen molar-refractivity contribution in [2.24, 2.45) is 0 Å². The Bertz CT molecular complexity index is 1090. The van der Waals surface area contributed by atoms with E-state index in [0.717, 1.165) is 16.6 Å². The van der Waals surface area contributed by atoms with E-state index in [4.69, 9.17) is 11.6 Å². The summed E-state index contributed by atoms with van der Waals surface area (Å²) >= 11 is 5.87. The molecule has 0 aliphatic rings. The van der Waals surface area contributed by atoms with Crippen LogP contribution >= 0.6 is 11.6 Å². The third-order valence-corrected chi connectivity index (χ3v) is 4.13. The van der Waals surface area contributed by atoms with Crippen molar-refractivity contribution in [2.45, 2.75) is 0 Å². The lowest BCUT2D eigenvalue weighted by Gasteiger charge is -2.08. The van der Waals surface area contributed by atoms with Gasteiger partial charge in [0.05, 0.1) is 23.6 Å². The van der Waals surface area contributed by atoms with Gasteiger partial charge in [0.25, 0.3) is 5.91 Å². The molecule has 0 fully saturated rings. The maximum Gasteiger partial charge on any atom is 0.275 e. The van der Waals surface area contributed by atoms with E-state index in [9.17, 15) is 4.79 Å². The van der Waals surface area contributed by atoms with E-state index in [2.05, 4.69) is 25.6 Å². The Morgan fingerprint density at radius 3 is 2.48 bits per heavy atom. The van der Waals surface area contributed by atoms with Crippen LogP contribution in [0.3, 0.4) is 0 Å². The SMILES string of the molecule is O=C(Nc1cccc2cccnc12)c1cnc(Nc2ccc(Cl)cc2)cn1. The van der Waals surface area contributed by atoms with E-state index in [0.29, 0.717) is 16.5 Å². The molecule has 2 aromatic heterocycles. The normalized spacial score (nSPS) is 10.6. The van der Waals surface area contributed by atoms with Gasteiger partial charge in [-0.15, -0.1) is 0 Å². The molecule has 0 saturated carbocycles. The summed E-state index contributed by atoms with van der Waals surface area (Å²) in [6.45, 7) is 0. The number of halogens is 1. The minimum atomic E-state index is -0.348. The molecule has 2 N–H and O–H groups in total. The lowest BCUT2D eigenvalue weighted by atomic mass is 10.2. The molecule has 0 aliphatic carbocycles. The molecule has 2 heterocycles. The highest BCUT2D eigenvalue weighted by molar-refractivity contribution is 6.30. The number of anilines is 3. The number of benzene rings is 2. The number of aromatic nitrogens is 3. The number of pyridine rings is 1. The van der Waals surface area contributed by atoms with Gasteiger partial charge in [-0.1, -0.05) is 29.8 Å². The molecule has 7 heteroatoms. The summed E-state index contributed by atoms with van der Waals surface area (Å²) in [7, 11) is 0. The van der Waals surface area contributed by atoms with Crippen molar-refractivity contribution in [3.8, 4) is 0 Å². The van der Waals surface area contributed by atoms with Gasteiger partial charge >= 0.3 is 0 Å². The molecule has 0 unspecified atom stereocenters. The summed E-state index contributed by atoms with van der Waals surface area (Å²) < 4.78 is 0. The fraction of sp³-hybridized carbons (Fsp3) is 0. The van der Waals surface area contributed by atoms with Gasteiger partial charge in [0, 0.05) is 22.3 Å². The smallest absolute Gasteiger partial charge is 0.275 e. The first-order valence-electron chi connectivity index (χ1n) is 8.19. The van der Waals surface area contributed by atoms with Crippen LogP contribution in [0.15, 0.2) is 73.2 Å². The number of carbonyl (C=O) groups is 1. The summed E-state index contributed by atoms with van der Waals surface area (Å²) in [5.74, 6) is 0.180. The van der Waals surface area contributed by atoms with E-state index < -0.39 is 0 Å². The van der Waals surface area contributed by atoms with Crippen LogP contribution in [-0.2, 0) is 0 Å². The highest BCUT2D eigenvalue weighted by atomic mass is 35.5. The molecule has 1 amide bonds. The number of hydrogen-bond acceptors (Lipinski definition) is 5. The van der Waals surface area contributed by atoms with Crippen molar-refractivity contribution in [3.05, 3.63) is 83.9 Å². The first-order chi connectivity index (χ1) is 13.2. The van der Waals surface area contributed by atoms with Crippen molar-refractivity contribution in [2.75, 3.05) is 10.6 Å². The number of hydrogen-bond donors (Lipinski definition) is 2. The van der Waals surface area contributed by atoms with Crippen LogP contribution in [0.1, 0.15) is 10.5 Å². The molecule has 0 atom stereocenters. The largest absolute Gasteiger partial charge is 0.339 e. The minimum Gasteiger partial charge on any atom is -0.339 e. The number of para-hydroxylation sites is 1. The second-order valence-corrected chi connectivity index (χ2v) is 6.19. The van der Waals surface area contributed by atoms with Crippen molar-refractivity contribution in [1.29, 1.82) is 0 Å². The first kappa shape index (κ1) is 16.9. The van der Waals surface area contributed by atoms with E-state index in [1.807, 2.05) is 36.4 Å². The average Bonchev–Trinajstić information content (AvgIpc) is 2.70. The van der Waals surface area contributed by atoms with Gasteiger partial charge in [-0.05, 0) is 36.4 Å². The third kappa shape index (κ3) is 3.86. The lowest BCUT2D eigenvalue weighted by Crippen LogP contribution is -2.14. The monoisotopic (exact) mass is 375 g/mol. The van der Waals surface area contributed by atoms with Crippen LogP contribution in [0.4, 0.5) is 17.2 Å². The van der Waals surface area contributed by atoms with E-state index >= 15 is 0 Å². The molecule has 6 nitrogen and oxygen atoms in total. The predicted octanol–water partition coefficient (Wildman–Crippen LogP) is 4.67. The Hall–Kier alpha value is -3.51. The van der Waals surface area contributed by atoms with Crippen molar-refractivity contribution >= 4 is 45.6 Å². The second-order valence-electron chi connectivity index (χ2n) is 5.75. The minimum absolute atomic E-state index is 0.213. The highest BCUT2D eigenvalue weighted by Crippen LogP contribution is 2.21. The lowest BCUT2D eigenvalue weighted by molar-refractivity contribution is 0.102. The molecule has 0 radical (unpaired) electrons. The van der Waals surface area contributed by atoms with Crippen molar-refractivity contribution < 1.29 is 4.79 Å². The molecular weight excluding hydrogens is 362 g/mol. The number of rotatable bonds is 4. The molecule has 132 valence electrons. The topological polar surface area (TPSA) is 79.8 Å². The Morgan fingerprint density at radius 2 is 1.70 bits per heavy atom. The fourth-order valence-corrected chi connectivity index (χ4v) is 2.71. The Balaban J connectivity index is 1.50. The van der Waals surface area contributed by atoms with Crippen LogP contribution < -0.4 is 10.6 Å². The maximum atomic E-state index is 12.5. The summed E-state index contributed by atoms with van der Waals surface area (Å²) in [5.41, 5.74) is 2.39. The number of nitrogens with one attached hydrogen (secondary N) is 2. The summed E-state index contributed by atoms with van der Waals surface area (Å²) in [4.78, 5) is 25.2. The molecule has 4 rings (SSSR count). The summed E-state index contributed by atoms with van der Waals surface area (Å²) in [6.07, 6.45) is 4.62. The molecule has 27 heavy (non-hydrogen) atoms. The zero-order chi connectivity index (χ0) is 18.6. The Morgan fingerprint density at radius 1 is 0.889 bits per heavy atom. The number of amides is 1. The van der Waals surface area contributed by atoms with E-state index in [1.54, 1.807) is 24.4 Å². The average molecular weight is 376 g/mol. The van der Waals surface area contributed by atoms with Gasteiger partial charge in [-0.25, -0.2) is 9.97 Å². The maximum absolute atomic E-state index is 12.5. The molecule has 0 spiro atoms. The van der Waals surface area contributed by atoms with Gasteiger partial charge in [0.15, 0.2) is 0 Å². The number of nitrogens with zero attached hydrogens (tertiary/aromatic N) is 3. The zero-order valence-electron chi connectivity index (χ0n) is 14.1. The zero-order valence-corrected chi connectivity index (χ0v) is 14.8. The number of fused-ring (bicyclic) bond motifs is 1. The van der Waals surface area contributed by atoms with Crippen LogP contribution in [-0.4, -0.2) is 20.9 Å². The van der Waals surface area contributed by atoms with Gasteiger partial charge in [-0.2, -0.15) is 0 Å². The summed E-state index contributed by atoms with van der Waals surface area (Å²) in [5, 5.41) is 7.54. The molecule has 4 aromatic rings. The molecule has 2 aromatic carbocycles. The Labute approximate surface area is 160 Å². The van der Waals surface area contributed by atoms with Crippen LogP contribution in [0.25, 0.3) is 10.9 Å². The standard InChI is InChI=1S/C20H14ClN5O/c21-14-6-8-15(9-7-14)25-18-12-23-17(11-24-18)20(27)26-16-5-1-3-13-4-2-10-22-19(13)16/h1-12H,(H,24,25)(H,26,27). The van der Waals surface area contributed by atoms with Gasteiger partial charge in [0.1, 0.15) is 11.5 Å². The summed E-state index contributed by atoms with van der Waals surface area (Å²) in [6, 6.07) is 16.6. The van der Waals surface area contributed by atoms with Crippen LogP contribution in [0.2, 0.25) is 5.02 Å². The van der Waals surface area contributed by atoms with Crippen molar-refractivity contribution in [1.82, 2.24) is 15.0 Å². The molecular formula is C20H14ClN5O. The molecule has 0 bridgehead atoms. The fourth-order valence-electron chi connectivity index (χ4n) is 2.58. The third-order valence-electron chi connectivity index (χ3n) is 3.88. The number of carbonyl (C=O) groups excluding carboxylic acids is 1. The Kier molecular flexibility index (Phi) is 4.63. The van der Waals surface area contributed by atoms with Crippen LogP contribution in [0.5, 0.6) is 0 Å². The first-order valence-corrected chi connectivity index (χ1v) is 8.56. The predicted molar refractivity (Wildman–Crippen MR) is 106 cm³/mol. The van der Waals surface area contributed by atoms with Crippen molar-refractivity contribution in [3.63, 3.8) is 0 Å². The highest BCUT2D eigenvalue weighted by Gasteiger charge is 2.11. The quantitative estimate of drug-likeness (QED) is 0.541. The molecule has 0 saturated heterocycles. The van der Waals surface area contributed by atoms with Gasteiger partial charge in [-0.3, -0.25) is 9.78 Å². The van der Waals surface area contributed by atoms with E-state index in [1.165, 1.54) is 12.4 Å².